The number of halogens is 1. The monoisotopic (exact) mass is 312 g/mol. The predicted octanol–water partition coefficient (Wildman–Crippen LogP) is 4.70. The lowest BCUT2D eigenvalue weighted by Gasteiger charge is -2.09. The van der Waals surface area contributed by atoms with Gasteiger partial charge < -0.3 is 4.72 Å². The summed E-state index contributed by atoms with van der Waals surface area (Å²) in [4.78, 5) is 16.5. The Balaban J connectivity index is 1.84. The van der Waals surface area contributed by atoms with Crippen LogP contribution in [-0.2, 0) is 0 Å². The number of fused-ring (bicyclic) bond motifs is 1. The van der Waals surface area contributed by atoms with Crippen molar-refractivity contribution in [2.75, 3.05) is 4.72 Å². The third-order valence-corrected chi connectivity index (χ3v) is 4.11. The minimum absolute atomic E-state index is 0.156. The maximum absolute atomic E-state index is 14.0. The van der Waals surface area contributed by atoms with Crippen LogP contribution < -0.4 is 4.72 Å². The number of pyridine rings is 1. The van der Waals surface area contributed by atoms with Crippen molar-refractivity contribution in [1.82, 2.24) is 4.98 Å². The molecule has 0 aliphatic rings. The molecule has 22 heavy (non-hydrogen) atoms. The lowest BCUT2D eigenvalue weighted by molar-refractivity contribution is 0.101. The summed E-state index contributed by atoms with van der Waals surface area (Å²) >= 11 is 1.29. The molecule has 0 spiro atoms. The molecule has 0 aliphatic carbocycles. The van der Waals surface area contributed by atoms with E-state index in [4.69, 9.17) is 0 Å². The molecule has 0 amide bonds. The van der Waals surface area contributed by atoms with Crippen molar-refractivity contribution in [1.29, 1.82) is 0 Å². The molecule has 3 nitrogen and oxygen atoms in total. The van der Waals surface area contributed by atoms with Gasteiger partial charge in [-0.3, -0.25) is 9.78 Å². The van der Waals surface area contributed by atoms with E-state index in [0.29, 0.717) is 11.3 Å². The summed E-state index contributed by atoms with van der Waals surface area (Å²) in [6.45, 7) is 1.42. The third kappa shape index (κ3) is 2.94. The highest BCUT2D eigenvalue weighted by molar-refractivity contribution is 8.00. The van der Waals surface area contributed by atoms with Gasteiger partial charge in [-0.1, -0.05) is 18.2 Å². The van der Waals surface area contributed by atoms with Crippen LogP contribution in [0.5, 0.6) is 0 Å². The van der Waals surface area contributed by atoms with E-state index in [1.165, 1.54) is 24.9 Å². The molecule has 1 aromatic heterocycles. The van der Waals surface area contributed by atoms with E-state index in [9.17, 15) is 9.18 Å². The number of benzene rings is 2. The Hall–Kier alpha value is -2.40. The lowest BCUT2D eigenvalue weighted by Crippen LogP contribution is -1.97. The summed E-state index contributed by atoms with van der Waals surface area (Å²) in [5.41, 5.74) is 1.56. The van der Waals surface area contributed by atoms with Crippen LogP contribution in [0.3, 0.4) is 0 Å². The molecule has 3 rings (SSSR count). The second-order valence-corrected chi connectivity index (χ2v) is 5.63. The van der Waals surface area contributed by atoms with Crippen molar-refractivity contribution >= 4 is 34.3 Å². The van der Waals surface area contributed by atoms with Gasteiger partial charge in [0.05, 0.1) is 16.1 Å². The first kappa shape index (κ1) is 14.5. The number of nitrogens with one attached hydrogen (secondary N) is 1. The fraction of sp³-hybridized carbons (Fsp3) is 0.0588. The van der Waals surface area contributed by atoms with Gasteiger partial charge in [-0.05, 0) is 49.2 Å². The minimum Gasteiger partial charge on any atom is -0.323 e. The first-order chi connectivity index (χ1) is 10.6. The molecule has 0 saturated heterocycles. The fourth-order valence-electron chi connectivity index (χ4n) is 2.09. The number of Topliss-reactive ketones (excluding diaryl/α,β-unsaturated/α-hetero) is 1. The highest BCUT2D eigenvalue weighted by atomic mass is 32.2. The largest absolute Gasteiger partial charge is 0.323 e. The highest BCUT2D eigenvalue weighted by Gasteiger charge is 2.08. The number of para-hydroxylation sites is 1. The van der Waals surface area contributed by atoms with Gasteiger partial charge in [0.2, 0.25) is 0 Å². The molecular formula is C17H13FN2OS. The van der Waals surface area contributed by atoms with Crippen molar-refractivity contribution < 1.29 is 9.18 Å². The average molecular weight is 312 g/mol. The summed E-state index contributed by atoms with van der Waals surface area (Å²) in [6.07, 6.45) is 1.73. The lowest BCUT2D eigenvalue weighted by atomic mass is 10.1. The van der Waals surface area contributed by atoms with Crippen LogP contribution in [0, 0.1) is 5.82 Å². The number of nitrogens with zero attached hydrogens (tertiary/aromatic N) is 1. The van der Waals surface area contributed by atoms with Crippen molar-refractivity contribution in [2.45, 2.75) is 11.8 Å². The Bertz CT molecular complexity index is 846. The standard InChI is InChI=1S/C17H13FN2OS/c1-11(21)13-7-8-15(14(18)10-13)20-22-16-6-2-4-12-5-3-9-19-17(12)16/h2-10,20H,1H3. The zero-order valence-corrected chi connectivity index (χ0v) is 12.7. The number of aromatic nitrogens is 1. The normalized spacial score (nSPS) is 10.6. The fourth-order valence-corrected chi connectivity index (χ4v) is 2.88. The van der Waals surface area contributed by atoms with Gasteiger partial charge in [-0.15, -0.1) is 0 Å². The summed E-state index contributed by atoms with van der Waals surface area (Å²) in [5, 5.41) is 1.03. The molecule has 2 aromatic carbocycles. The molecule has 1 N–H and O–H groups in total. The van der Waals surface area contributed by atoms with Crippen molar-refractivity contribution in [3.8, 4) is 0 Å². The molecule has 5 heteroatoms. The predicted molar refractivity (Wildman–Crippen MR) is 87.6 cm³/mol. The van der Waals surface area contributed by atoms with Crippen LogP contribution in [0.1, 0.15) is 17.3 Å². The maximum Gasteiger partial charge on any atom is 0.159 e. The van der Waals surface area contributed by atoms with Gasteiger partial charge in [0.15, 0.2) is 5.78 Å². The first-order valence-electron chi connectivity index (χ1n) is 6.72. The number of ketones is 1. The molecule has 0 radical (unpaired) electrons. The molecule has 0 atom stereocenters. The van der Waals surface area contributed by atoms with Gasteiger partial charge >= 0.3 is 0 Å². The molecule has 110 valence electrons. The Morgan fingerprint density at radius 2 is 2.00 bits per heavy atom. The van der Waals surface area contributed by atoms with E-state index < -0.39 is 5.82 Å². The third-order valence-electron chi connectivity index (χ3n) is 3.24. The summed E-state index contributed by atoms with van der Waals surface area (Å²) < 4.78 is 17.0. The van der Waals surface area contributed by atoms with Crippen LogP contribution in [0.4, 0.5) is 10.1 Å². The maximum atomic E-state index is 14.0. The number of anilines is 1. The van der Waals surface area contributed by atoms with E-state index in [0.717, 1.165) is 15.8 Å². The van der Waals surface area contributed by atoms with Gasteiger partial charge in [-0.2, -0.15) is 0 Å². The molecule has 0 fully saturated rings. The Morgan fingerprint density at radius 1 is 1.18 bits per heavy atom. The molecule has 3 aromatic rings. The van der Waals surface area contributed by atoms with Gasteiger partial charge in [0, 0.05) is 17.1 Å². The Morgan fingerprint density at radius 3 is 2.77 bits per heavy atom. The molecule has 0 unspecified atom stereocenters. The summed E-state index contributed by atoms with van der Waals surface area (Å²) in [7, 11) is 0. The summed E-state index contributed by atoms with van der Waals surface area (Å²) in [6, 6.07) is 14.1. The van der Waals surface area contributed by atoms with Gasteiger partial charge in [0.1, 0.15) is 5.82 Å². The number of carbonyl (C=O) groups excluding carboxylic acids is 1. The van der Waals surface area contributed by atoms with Crippen molar-refractivity contribution in [3.05, 3.63) is 66.1 Å². The quantitative estimate of drug-likeness (QED) is 0.560. The van der Waals surface area contributed by atoms with E-state index in [-0.39, 0.29) is 5.78 Å². The van der Waals surface area contributed by atoms with E-state index in [2.05, 4.69) is 9.71 Å². The molecular weight excluding hydrogens is 299 g/mol. The van der Waals surface area contributed by atoms with E-state index in [1.807, 2.05) is 30.3 Å². The van der Waals surface area contributed by atoms with Gasteiger partial charge in [-0.25, -0.2) is 4.39 Å². The van der Waals surface area contributed by atoms with Crippen molar-refractivity contribution in [2.24, 2.45) is 0 Å². The molecule has 0 aliphatic heterocycles. The Kier molecular flexibility index (Phi) is 4.06. The first-order valence-corrected chi connectivity index (χ1v) is 7.54. The zero-order chi connectivity index (χ0) is 15.5. The van der Waals surface area contributed by atoms with E-state index in [1.54, 1.807) is 18.3 Å². The molecule has 0 bridgehead atoms. The number of hydrogen-bond acceptors (Lipinski definition) is 4. The average Bonchev–Trinajstić information content (AvgIpc) is 2.53. The van der Waals surface area contributed by atoms with E-state index >= 15 is 0 Å². The topological polar surface area (TPSA) is 42.0 Å². The SMILES string of the molecule is CC(=O)c1ccc(NSc2cccc3cccnc23)c(F)c1. The number of carbonyl (C=O) groups is 1. The molecule has 1 heterocycles. The van der Waals surface area contributed by atoms with Crippen molar-refractivity contribution in [3.63, 3.8) is 0 Å². The summed E-state index contributed by atoms with van der Waals surface area (Å²) in [5.74, 6) is -0.607. The van der Waals surface area contributed by atoms with Crippen LogP contribution in [0.25, 0.3) is 10.9 Å². The second kappa shape index (κ2) is 6.15. The second-order valence-electron chi connectivity index (χ2n) is 4.79. The van der Waals surface area contributed by atoms with Gasteiger partial charge in [0.25, 0.3) is 0 Å². The van der Waals surface area contributed by atoms with Crippen LogP contribution in [0.2, 0.25) is 0 Å². The number of rotatable bonds is 4. The minimum atomic E-state index is -0.451. The number of hydrogen-bond donors (Lipinski definition) is 1. The van der Waals surface area contributed by atoms with Crippen LogP contribution >= 0.6 is 11.9 Å². The highest BCUT2D eigenvalue weighted by Crippen LogP contribution is 2.28. The van der Waals surface area contributed by atoms with Crippen LogP contribution in [-0.4, -0.2) is 10.8 Å². The zero-order valence-electron chi connectivity index (χ0n) is 11.8. The smallest absolute Gasteiger partial charge is 0.159 e. The van der Waals surface area contributed by atoms with Crippen LogP contribution in [0.15, 0.2) is 59.6 Å². The molecule has 0 saturated carbocycles. The Labute approximate surface area is 131 Å².